The lowest BCUT2D eigenvalue weighted by Crippen LogP contribution is -2.61. The molecule has 4 nitrogen and oxygen atoms in total. The summed E-state index contributed by atoms with van der Waals surface area (Å²) in [5.74, 6) is 0.878. The van der Waals surface area contributed by atoms with E-state index < -0.39 is 0 Å². The topological polar surface area (TPSA) is 57.6 Å². The quantitative estimate of drug-likeness (QED) is 0.780. The van der Waals surface area contributed by atoms with Crippen molar-refractivity contribution in [3.05, 3.63) is 27.7 Å². The molecule has 1 saturated heterocycles. The van der Waals surface area contributed by atoms with Crippen LogP contribution in [0.25, 0.3) is 0 Å². The Hall–Kier alpha value is -1.36. The summed E-state index contributed by atoms with van der Waals surface area (Å²) in [7, 11) is 0. The van der Waals surface area contributed by atoms with Crippen LogP contribution in [0.15, 0.2) is 16.6 Å². The molecule has 1 amide bonds. The van der Waals surface area contributed by atoms with Crippen LogP contribution in [0.5, 0.6) is 5.75 Å². The fraction of sp³-hybridized carbons (Fsp3) is 0.529. The molecule has 2 fully saturated rings. The van der Waals surface area contributed by atoms with Crippen LogP contribution in [0, 0.1) is 5.92 Å². The van der Waals surface area contributed by atoms with Crippen LogP contribution in [0.2, 0.25) is 0 Å². The van der Waals surface area contributed by atoms with E-state index in [1.54, 1.807) is 0 Å². The second-order valence-corrected chi connectivity index (χ2v) is 7.70. The predicted octanol–water partition coefficient (Wildman–Crippen LogP) is 2.55. The van der Waals surface area contributed by atoms with E-state index in [4.69, 9.17) is 0 Å². The number of rotatable bonds is 1. The summed E-state index contributed by atoms with van der Waals surface area (Å²) < 4.78 is 0.680. The van der Waals surface area contributed by atoms with E-state index in [2.05, 4.69) is 15.9 Å². The molecule has 4 rings (SSSR count). The van der Waals surface area contributed by atoms with Gasteiger partial charge in [-0.3, -0.25) is 9.59 Å². The lowest BCUT2D eigenvalue weighted by atomic mass is 9.52. The lowest BCUT2D eigenvalue weighted by Gasteiger charge is -2.57. The van der Waals surface area contributed by atoms with Crippen LogP contribution < -0.4 is 0 Å². The average molecular weight is 364 g/mol. The van der Waals surface area contributed by atoms with Crippen LogP contribution >= 0.6 is 15.9 Å². The average Bonchev–Trinajstić information content (AvgIpc) is 2.49. The summed E-state index contributed by atoms with van der Waals surface area (Å²) in [5.41, 5.74) is 2.10. The summed E-state index contributed by atoms with van der Waals surface area (Å²) in [5, 5.41) is 10.1. The molecule has 0 unspecified atom stereocenters. The van der Waals surface area contributed by atoms with Crippen molar-refractivity contribution in [2.75, 3.05) is 6.54 Å². The van der Waals surface area contributed by atoms with Gasteiger partial charge in [0.25, 0.3) is 0 Å². The van der Waals surface area contributed by atoms with E-state index in [1.165, 1.54) is 0 Å². The molecule has 0 radical (unpaired) electrons. The number of likely N-dealkylation sites (tertiary alicyclic amines) is 1. The van der Waals surface area contributed by atoms with Gasteiger partial charge in [0, 0.05) is 30.8 Å². The first-order valence-electron chi connectivity index (χ1n) is 7.80. The minimum Gasteiger partial charge on any atom is -0.507 e. The Kier molecular flexibility index (Phi) is 3.12. The van der Waals surface area contributed by atoms with E-state index in [0.29, 0.717) is 35.6 Å². The summed E-state index contributed by atoms with van der Waals surface area (Å²) in [6.45, 7) is 0.703. The number of piperidine rings is 1. The molecule has 1 N–H and O–H groups in total. The molecule has 1 heterocycles. The van der Waals surface area contributed by atoms with Crippen LogP contribution in [-0.4, -0.2) is 34.8 Å². The summed E-state index contributed by atoms with van der Waals surface area (Å²) in [6, 6.07) is 3.99. The second-order valence-electron chi connectivity index (χ2n) is 6.84. The molecule has 5 heteroatoms. The summed E-state index contributed by atoms with van der Waals surface area (Å²) >= 11 is 3.38. The zero-order valence-electron chi connectivity index (χ0n) is 12.2. The Morgan fingerprint density at radius 2 is 2.23 bits per heavy atom. The van der Waals surface area contributed by atoms with Gasteiger partial charge in [0.2, 0.25) is 6.41 Å². The number of halogens is 1. The van der Waals surface area contributed by atoms with Gasteiger partial charge in [-0.15, -0.1) is 0 Å². The number of hydrogen-bond donors (Lipinski definition) is 1. The number of fused-ring (bicyclic) bond motifs is 1. The van der Waals surface area contributed by atoms with Crippen LogP contribution in [-0.2, 0) is 21.4 Å². The van der Waals surface area contributed by atoms with Gasteiger partial charge in [-0.05, 0) is 64.4 Å². The summed E-state index contributed by atoms with van der Waals surface area (Å²) in [6.07, 6.45) is 4.61. The standard InChI is InChI=1S/C17H18BrNO3/c18-14-5-10-6-15-12-2-1-11(21)8-17(12,3-4-19(15)9-20)13(10)7-16(14)22/h5,7,9,12,15,22H,1-4,6,8H2/t12-,15-,17-/m1/s1. The second kappa shape index (κ2) is 4.82. The van der Waals surface area contributed by atoms with E-state index in [1.807, 2.05) is 17.0 Å². The largest absolute Gasteiger partial charge is 0.507 e. The zero-order valence-corrected chi connectivity index (χ0v) is 13.8. The Morgan fingerprint density at radius 3 is 3.00 bits per heavy atom. The normalized spacial score (nSPS) is 33.1. The van der Waals surface area contributed by atoms with Crippen molar-refractivity contribution < 1.29 is 14.7 Å². The molecule has 0 aromatic heterocycles. The number of phenolic OH excluding ortho intramolecular Hbond substituents is 1. The third kappa shape index (κ3) is 1.81. The number of ketones is 1. The molecule has 1 saturated carbocycles. The molecule has 2 bridgehead atoms. The van der Waals surface area contributed by atoms with Crippen molar-refractivity contribution in [2.45, 2.75) is 43.6 Å². The molecule has 116 valence electrons. The fourth-order valence-corrected chi connectivity index (χ4v) is 5.40. The first-order chi connectivity index (χ1) is 10.5. The molecule has 1 aliphatic heterocycles. The number of hydrogen-bond acceptors (Lipinski definition) is 3. The van der Waals surface area contributed by atoms with E-state index in [-0.39, 0.29) is 17.2 Å². The molecule has 3 atom stereocenters. The maximum absolute atomic E-state index is 12.2. The molecule has 22 heavy (non-hydrogen) atoms. The van der Waals surface area contributed by atoms with Crippen molar-refractivity contribution in [3.8, 4) is 5.75 Å². The molecular weight excluding hydrogens is 346 g/mol. The Labute approximate surface area is 137 Å². The van der Waals surface area contributed by atoms with Gasteiger partial charge < -0.3 is 10.0 Å². The van der Waals surface area contributed by atoms with Gasteiger partial charge in [-0.25, -0.2) is 0 Å². The monoisotopic (exact) mass is 363 g/mol. The highest BCUT2D eigenvalue weighted by Gasteiger charge is 2.55. The van der Waals surface area contributed by atoms with Crippen molar-refractivity contribution >= 4 is 28.1 Å². The maximum Gasteiger partial charge on any atom is 0.209 e. The van der Waals surface area contributed by atoms with Gasteiger partial charge >= 0.3 is 0 Å². The number of amides is 1. The van der Waals surface area contributed by atoms with Crippen LogP contribution in [0.1, 0.15) is 36.8 Å². The van der Waals surface area contributed by atoms with Gasteiger partial charge in [0.1, 0.15) is 11.5 Å². The molecule has 2 aliphatic carbocycles. The van der Waals surface area contributed by atoms with Crippen molar-refractivity contribution in [1.29, 1.82) is 0 Å². The SMILES string of the molecule is O=CN1CC[C@@]23CC(=O)CC[C@@H]2[C@H]1Cc1cc(Br)c(O)cc13. The van der Waals surface area contributed by atoms with Crippen molar-refractivity contribution in [2.24, 2.45) is 5.92 Å². The Balaban J connectivity index is 1.92. The number of carbonyl (C=O) groups is 2. The van der Waals surface area contributed by atoms with Gasteiger partial charge in [0.15, 0.2) is 0 Å². The minimum absolute atomic E-state index is 0.184. The summed E-state index contributed by atoms with van der Waals surface area (Å²) in [4.78, 5) is 25.5. The van der Waals surface area contributed by atoms with Gasteiger partial charge in [-0.2, -0.15) is 0 Å². The van der Waals surface area contributed by atoms with E-state index in [9.17, 15) is 14.7 Å². The molecule has 3 aliphatic rings. The molecule has 0 spiro atoms. The third-order valence-electron chi connectivity index (χ3n) is 5.94. The Bertz CT molecular complexity index is 674. The third-order valence-corrected chi connectivity index (χ3v) is 6.57. The number of benzene rings is 1. The molecule has 1 aromatic carbocycles. The highest BCUT2D eigenvalue weighted by Crippen LogP contribution is 2.55. The number of aromatic hydroxyl groups is 1. The number of carbonyl (C=O) groups excluding carboxylic acids is 2. The lowest BCUT2D eigenvalue weighted by molar-refractivity contribution is -0.132. The number of phenols is 1. The van der Waals surface area contributed by atoms with Crippen molar-refractivity contribution in [3.63, 3.8) is 0 Å². The highest BCUT2D eigenvalue weighted by molar-refractivity contribution is 9.10. The molecule has 1 aromatic rings. The first kappa shape index (κ1) is 14.2. The van der Waals surface area contributed by atoms with Crippen molar-refractivity contribution in [1.82, 2.24) is 4.90 Å². The Morgan fingerprint density at radius 1 is 1.41 bits per heavy atom. The van der Waals surface area contributed by atoms with Gasteiger partial charge in [0.05, 0.1) is 4.47 Å². The molecular formula is C17H18BrNO3. The smallest absolute Gasteiger partial charge is 0.209 e. The predicted molar refractivity (Wildman–Crippen MR) is 84.7 cm³/mol. The van der Waals surface area contributed by atoms with E-state index in [0.717, 1.165) is 36.8 Å². The maximum atomic E-state index is 12.2. The highest BCUT2D eigenvalue weighted by atomic mass is 79.9. The van der Waals surface area contributed by atoms with Gasteiger partial charge in [-0.1, -0.05) is 0 Å². The number of Topliss-reactive ketones (excluding diaryl/α,β-unsaturated/α-hetero) is 1. The fourth-order valence-electron chi connectivity index (χ4n) is 5.00. The zero-order chi connectivity index (χ0) is 15.5. The van der Waals surface area contributed by atoms with E-state index >= 15 is 0 Å². The first-order valence-corrected chi connectivity index (χ1v) is 8.59. The number of nitrogens with zero attached hydrogens (tertiary/aromatic N) is 1. The van der Waals surface area contributed by atoms with Crippen LogP contribution in [0.4, 0.5) is 0 Å². The van der Waals surface area contributed by atoms with Crippen LogP contribution in [0.3, 0.4) is 0 Å². The minimum atomic E-state index is -0.189.